The molecule has 250 valence electrons. The zero-order valence-corrected chi connectivity index (χ0v) is 28.5. The number of rotatable bonds is 11. The number of allylic oxidation sites excluding steroid dienone is 5. The first-order valence-corrected chi connectivity index (χ1v) is 18.1. The van der Waals surface area contributed by atoms with Gasteiger partial charge in [0.2, 0.25) is 5.91 Å². The van der Waals surface area contributed by atoms with Gasteiger partial charge in [-0.2, -0.15) is 8.42 Å². The minimum absolute atomic E-state index is 0.139. The van der Waals surface area contributed by atoms with Gasteiger partial charge in [-0.3, -0.25) is 14.1 Å². The van der Waals surface area contributed by atoms with Crippen LogP contribution in [0.3, 0.4) is 0 Å². The Balaban J connectivity index is 1.19. The first-order chi connectivity index (χ1) is 23.4. The number of amides is 2. The number of nitrogens with one attached hydrogen (secondary N) is 2. The third-order valence-corrected chi connectivity index (χ3v) is 9.84. The fraction of sp³-hybridized carbons (Fsp3) is 0.220. The molecule has 6 rings (SSSR count). The van der Waals surface area contributed by atoms with Crippen molar-refractivity contribution in [3.63, 3.8) is 0 Å². The average Bonchev–Trinajstić information content (AvgIpc) is 3.52. The van der Waals surface area contributed by atoms with Crippen LogP contribution in [0.2, 0.25) is 0 Å². The van der Waals surface area contributed by atoms with E-state index in [2.05, 4.69) is 79.1 Å². The van der Waals surface area contributed by atoms with Crippen molar-refractivity contribution in [3.8, 4) is 0 Å². The Bertz CT molecular complexity index is 2060. The lowest BCUT2D eigenvalue weighted by molar-refractivity contribution is -0.117. The Labute approximate surface area is 288 Å². The number of carbonyl (C=O) groups excluding carboxylic acids is 2. The molecule has 0 fully saturated rings. The molecular formula is C41H40N2O5S. The molecule has 0 heterocycles. The minimum Gasteiger partial charge on any atom is -0.351 e. The van der Waals surface area contributed by atoms with E-state index < -0.39 is 27.7 Å². The lowest BCUT2D eigenvalue weighted by Gasteiger charge is -2.23. The highest BCUT2D eigenvalue weighted by molar-refractivity contribution is 7.85. The van der Waals surface area contributed by atoms with E-state index in [9.17, 15) is 18.0 Å². The number of carbonyl (C=O) groups is 2. The second-order valence-electron chi connectivity index (χ2n) is 13.4. The van der Waals surface area contributed by atoms with Gasteiger partial charge in [-0.15, -0.1) is 0 Å². The lowest BCUT2D eigenvalue weighted by Crippen LogP contribution is -2.28. The zero-order valence-electron chi connectivity index (χ0n) is 27.6. The fourth-order valence-electron chi connectivity index (χ4n) is 6.19. The van der Waals surface area contributed by atoms with Gasteiger partial charge in [0, 0.05) is 17.8 Å². The van der Waals surface area contributed by atoms with Crippen LogP contribution in [0.4, 0.5) is 5.69 Å². The van der Waals surface area contributed by atoms with Crippen LogP contribution in [-0.4, -0.2) is 37.1 Å². The summed E-state index contributed by atoms with van der Waals surface area (Å²) in [4.78, 5) is 26.5. The standard InChI is InChI=1S/C41H40N2O5S/c1-41(2)21-19-31(20-22-41)29-11-13-32(14-12-29)38(25-28-7-9-33(10-8-28)39(44)42-23-24-49(46,47)48)40(45)43-37-17-15-30(16-18-37)36-26-34-5-3-4-6-35(34)27-36/h3-21,26,38H,22-25,27H2,1-2H3,(H,42,44)(H,43,45)(H,46,47,48). The van der Waals surface area contributed by atoms with E-state index in [4.69, 9.17) is 4.55 Å². The third kappa shape index (κ3) is 8.71. The highest BCUT2D eigenvalue weighted by Crippen LogP contribution is 2.34. The summed E-state index contributed by atoms with van der Waals surface area (Å²) in [6, 6.07) is 31.4. The molecule has 0 aliphatic heterocycles. The van der Waals surface area contributed by atoms with Gasteiger partial charge in [-0.25, -0.2) is 0 Å². The summed E-state index contributed by atoms with van der Waals surface area (Å²) in [6.45, 7) is 4.23. The molecule has 0 saturated heterocycles. The topological polar surface area (TPSA) is 113 Å². The molecule has 0 aromatic heterocycles. The molecule has 49 heavy (non-hydrogen) atoms. The summed E-state index contributed by atoms with van der Waals surface area (Å²) >= 11 is 0. The maximum atomic E-state index is 14.0. The van der Waals surface area contributed by atoms with Crippen molar-refractivity contribution in [2.75, 3.05) is 17.6 Å². The summed E-state index contributed by atoms with van der Waals surface area (Å²) in [5.41, 5.74) is 10.1. The van der Waals surface area contributed by atoms with Crippen LogP contribution in [0, 0.1) is 5.41 Å². The highest BCUT2D eigenvalue weighted by Gasteiger charge is 2.23. The van der Waals surface area contributed by atoms with Crippen molar-refractivity contribution >= 4 is 44.8 Å². The van der Waals surface area contributed by atoms with Crippen LogP contribution in [0.1, 0.15) is 69.9 Å². The lowest BCUT2D eigenvalue weighted by atomic mass is 9.82. The molecule has 0 spiro atoms. The number of anilines is 1. The summed E-state index contributed by atoms with van der Waals surface area (Å²) in [6.07, 6.45) is 11.1. The Kier molecular flexibility index (Phi) is 9.81. The summed E-state index contributed by atoms with van der Waals surface area (Å²) < 4.78 is 30.9. The van der Waals surface area contributed by atoms with Gasteiger partial charge in [0.1, 0.15) is 0 Å². The molecule has 1 atom stereocenters. The fourth-order valence-corrected chi connectivity index (χ4v) is 6.55. The van der Waals surface area contributed by atoms with Gasteiger partial charge in [0.05, 0.1) is 11.7 Å². The second-order valence-corrected chi connectivity index (χ2v) is 15.0. The van der Waals surface area contributed by atoms with Gasteiger partial charge in [0.25, 0.3) is 16.0 Å². The van der Waals surface area contributed by atoms with E-state index in [1.807, 2.05) is 42.5 Å². The molecule has 1 unspecified atom stereocenters. The Hall–Kier alpha value is -5.05. The van der Waals surface area contributed by atoms with Crippen molar-refractivity contribution in [2.45, 2.75) is 39.0 Å². The van der Waals surface area contributed by atoms with Gasteiger partial charge in [-0.05, 0) is 93.5 Å². The van der Waals surface area contributed by atoms with E-state index in [1.165, 1.54) is 16.7 Å². The molecule has 2 amide bonds. The summed E-state index contributed by atoms with van der Waals surface area (Å²) in [7, 11) is -4.17. The molecule has 7 nitrogen and oxygen atoms in total. The molecule has 8 heteroatoms. The maximum Gasteiger partial charge on any atom is 0.266 e. The van der Waals surface area contributed by atoms with Crippen LogP contribution in [0.25, 0.3) is 17.2 Å². The Morgan fingerprint density at radius 3 is 2.22 bits per heavy atom. The van der Waals surface area contributed by atoms with Crippen molar-refractivity contribution < 1.29 is 22.6 Å². The molecule has 0 radical (unpaired) electrons. The van der Waals surface area contributed by atoms with Crippen LogP contribution in [0.15, 0.2) is 115 Å². The average molecular weight is 673 g/mol. The monoisotopic (exact) mass is 672 g/mol. The quantitative estimate of drug-likeness (QED) is 0.141. The Morgan fingerprint density at radius 1 is 0.878 bits per heavy atom. The van der Waals surface area contributed by atoms with E-state index in [-0.39, 0.29) is 17.9 Å². The van der Waals surface area contributed by atoms with Crippen molar-refractivity contribution in [1.29, 1.82) is 0 Å². The van der Waals surface area contributed by atoms with E-state index in [0.717, 1.165) is 40.7 Å². The molecule has 3 N–H and O–H groups in total. The molecule has 4 aromatic rings. The van der Waals surface area contributed by atoms with E-state index in [1.54, 1.807) is 24.3 Å². The summed E-state index contributed by atoms with van der Waals surface area (Å²) in [5, 5.41) is 5.63. The molecule has 2 aliphatic carbocycles. The van der Waals surface area contributed by atoms with E-state index >= 15 is 0 Å². The molecule has 0 saturated carbocycles. The van der Waals surface area contributed by atoms with Gasteiger partial charge in [0.15, 0.2) is 0 Å². The van der Waals surface area contributed by atoms with Crippen LogP contribution >= 0.6 is 0 Å². The minimum atomic E-state index is -4.17. The Morgan fingerprint density at radius 2 is 1.57 bits per heavy atom. The largest absolute Gasteiger partial charge is 0.351 e. The number of benzene rings is 4. The SMILES string of the molecule is CC1(C)C=CC(c2ccc(C(Cc3ccc(C(=O)NCCS(=O)(=O)O)cc3)C(=O)Nc3ccc(C4=Cc5ccccc5C4)cc3)cc2)=CC1. The number of hydrogen-bond donors (Lipinski definition) is 3. The molecular weight excluding hydrogens is 633 g/mol. The van der Waals surface area contributed by atoms with Crippen molar-refractivity contribution in [1.82, 2.24) is 5.32 Å². The molecule has 2 aliphatic rings. The van der Waals surface area contributed by atoms with Gasteiger partial charge in [-0.1, -0.05) is 111 Å². The smallest absolute Gasteiger partial charge is 0.266 e. The van der Waals surface area contributed by atoms with E-state index in [0.29, 0.717) is 17.7 Å². The predicted octanol–water partition coefficient (Wildman–Crippen LogP) is 7.74. The van der Waals surface area contributed by atoms with Gasteiger partial charge < -0.3 is 10.6 Å². The molecule has 0 bridgehead atoms. The number of hydrogen-bond acceptors (Lipinski definition) is 4. The maximum absolute atomic E-state index is 14.0. The van der Waals surface area contributed by atoms with Crippen molar-refractivity contribution in [3.05, 3.63) is 154 Å². The van der Waals surface area contributed by atoms with Crippen LogP contribution in [0.5, 0.6) is 0 Å². The zero-order chi connectivity index (χ0) is 34.6. The van der Waals surface area contributed by atoms with Crippen LogP contribution < -0.4 is 10.6 Å². The first-order valence-electron chi connectivity index (χ1n) is 16.4. The third-order valence-electron chi connectivity index (χ3n) is 9.12. The van der Waals surface area contributed by atoms with Gasteiger partial charge >= 0.3 is 0 Å². The summed E-state index contributed by atoms with van der Waals surface area (Å²) in [5.74, 6) is -1.66. The first kappa shape index (κ1) is 33.8. The highest BCUT2D eigenvalue weighted by atomic mass is 32.2. The van der Waals surface area contributed by atoms with Crippen LogP contribution in [-0.2, 0) is 27.8 Å². The normalized spacial score (nSPS) is 15.5. The predicted molar refractivity (Wildman–Crippen MR) is 197 cm³/mol. The van der Waals surface area contributed by atoms with Crippen molar-refractivity contribution in [2.24, 2.45) is 5.41 Å². The number of fused-ring (bicyclic) bond motifs is 1. The second kappa shape index (κ2) is 14.2. The molecule has 4 aromatic carbocycles.